The number of hydrogen-bond acceptors (Lipinski definition) is 4. The Morgan fingerprint density at radius 2 is 1.80 bits per heavy atom. The van der Waals surface area contributed by atoms with Crippen LogP contribution < -0.4 is 10.2 Å². The Morgan fingerprint density at radius 3 is 2.44 bits per heavy atom. The average molecular weight is 357 g/mol. The van der Waals surface area contributed by atoms with Gasteiger partial charge in [0.1, 0.15) is 5.82 Å². The molecule has 1 heterocycles. The predicted molar refractivity (Wildman–Crippen MR) is 95.9 cm³/mol. The molecule has 25 heavy (non-hydrogen) atoms. The molecule has 0 saturated heterocycles. The van der Waals surface area contributed by atoms with Crippen LogP contribution in [0.25, 0.3) is 0 Å². The second kappa shape index (κ2) is 7.27. The van der Waals surface area contributed by atoms with Gasteiger partial charge in [-0.3, -0.25) is 4.79 Å². The van der Waals surface area contributed by atoms with Gasteiger partial charge in [-0.25, -0.2) is 14.4 Å². The molecule has 3 rings (SSSR count). The minimum atomic E-state index is -0.545. The molecule has 0 spiro atoms. The van der Waals surface area contributed by atoms with Gasteiger partial charge >= 0.3 is 0 Å². The molecule has 3 aromatic rings. The van der Waals surface area contributed by atoms with E-state index in [1.807, 2.05) is 37.4 Å². The van der Waals surface area contributed by atoms with Crippen LogP contribution in [0, 0.1) is 5.82 Å². The number of carbonyl (C=O) groups excluding carboxylic acids is 1. The van der Waals surface area contributed by atoms with Gasteiger partial charge in [0.25, 0.3) is 5.91 Å². The summed E-state index contributed by atoms with van der Waals surface area (Å²) in [6, 6.07) is 13.6. The summed E-state index contributed by atoms with van der Waals surface area (Å²) in [5.41, 5.74) is 1.60. The van der Waals surface area contributed by atoms with E-state index in [2.05, 4.69) is 15.3 Å². The smallest absolute Gasteiger partial charge is 0.258 e. The van der Waals surface area contributed by atoms with Crippen molar-refractivity contribution in [1.29, 1.82) is 0 Å². The molecule has 0 unspecified atom stereocenters. The van der Waals surface area contributed by atoms with E-state index in [1.165, 1.54) is 30.6 Å². The SMILES string of the molecule is CN(c1ccccc1)c1ncc(C(=O)Nc2ccc(F)c(Cl)c2)cn1. The molecule has 0 aliphatic carbocycles. The second-order valence-electron chi connectivity index (χ2n) is 5.25. The second-order valence-corrected chi connectivity index (χ2v) is 5.66. The Bertz CT molecular complexity index is 887. The van der Waals surface area contributed by atoms with Gasteiger partial charge in [-0.1, -0.05) is 29.8 Å². The van der Waals surface area contributed by atoms with E-state index in [-0.39, 0.29) is 10.6 Å². The lowest BCUT2D eigenvalue weighted by molar-refractivity contribution is 0.102. The van der Waals surface area contributed by atoms with Gasteiger partial charge in [-0.05, 0) is 30.3 Å². The molecular formula is C18H14ClFN4O. The molecule has 0 radical (unpaired) electrons. The van der Waals surface area contributed by atoms with Gasteiger partial charge in [0.2, 0.25) is 5.95 Å². The van der Waals surface area contributed by atoms with Crippen LogP contribution in [-0.4, -0.2) is 22.9 Å². The van der Waals surface area contributed by atoms with Crippen molar-refractivity contribution in [2.45, 2.75) is 0 Å². The highest BCUT2D eigenvalue weighted by Gasteiger charge is 2.11. The third kappa shape index (κ3) is 3.92. The van der Waals surface area contributed by atoms with Crippen LogP contribution in [0.15, 0.2) is 60.9 Å². The fourth-order valence-electron chi connectivity index (χ4n) is 2.16. The summed E-state index contributed by atoms with van der Waals surface area (Å²) in [5.74, 6) is -0.486. The molecule has 1 N–H and O–H groups in total. The molecule has 5 nitrogen and oxygen atoms in total. The summed E-state index contributed by atoms with van der Waals surface area (Å²) in [6.07, 6.45) is 2.87. The fourth-order valence-corrected chi connectivity index (χ4v) is 2.34. The van der Waals surface area contributed by atoms with Crippen molar-refractivity contribution < 1.29 is 9.18 Å². The van der Waals surface area contributed by atoms with E-state index >= 15 is 0 Å². The third-order valence-corrected chi connectivity index (χ3v) is 3.81. The van der Waals surface area contributed by atoms with Crippen LogP contribution >= 0.6 is 11.6 Å². The van der Waals surface area contributed by atoms with Crippen LogP contribution in [0.4, 0.5) is 21.7 Å². The Balaban J connectivity index is 1.73. The number of hydrogen-bond donors (Lipinski definition) is 1. The van der Waals surface area contributed by atoms with Crippen LogP contribution in [0.2, 0.25) is 5.02 Å². The van der Waals surface area contributed by atoms with Crippen molar-refractivity contribution in [3.8, 4) is 0 Å². The van der Waals surface area contributed by atoms with Crippen molar-refractivity contribution in [2.75, 3.05) is 17.3 Å². The average Bonchev–Trinajstić information content (AvgIpc) is 2.65. The van der Waals surface area contributed by atoms with E-state index in [1.54, 1.807) is 4.90 Å². The first-order chi connectivity index (χ1) is 12.0. The van der Waals surface area contributed by atoms with Gasteiger partial charge in [-0.15, -0.1) is 0 Å². The first-order valence-electron chi connectivity index (χ1n) is 7.42. The first-order valence-corrected chi connectivity index (χ1v) is 7.79. The highest BCUT2D eigenvalue weighted by Crippen LogP contribution is 2.21. The molecule has 0 saturated carbocycles. The molecule has 1 aromatic heterocycles. The van der Waals surface area contributed by atoms with Gasteiger partial charge < -0.3 is 10.2 Å². The standard InChI is InChI=1S/C18H14ClFN4O/c1-24(14-5-3-2-4-6-14)18-21-10-12(11-22-18)17(25)23-13-7-8-16(20)15(19)9-13/h2-11H,1H3,(H,23,25). The number of para-hydroxylation sites is 1. The Morgan fingerprint density at radius 1 is 1.12 bits per heavy atom. The van der Waals surface area contributed by atoms with Gasteiger partial charge in [0.15, 0.2) is 0 Å². The van der Waals surface area contributed by atoms with Crippen molar-refractivity contribution in [3.05, 3.63) is 77.3 Å². The summed E-state index contributed by atoms with van der Waals surface area (Å²) < 4.78 is 13.1. The first kappa shape index (κ1) is 16.9. The van der Waals surface area contributed by atoms with Gasteiger partial charge in [-0.2, -0.15) is 0 Å². The summed E-state index contributed by atoms with van der Waals surface area (Å²) in [6.45, 7) is 0. The van der Waals surface area contributed by atoms with Crippen LogP contribution in [0.1, 0.15) is 10.4 Å². The van der Waals surface area contributed by atoms with E-state index < -0.39 is 11.7 Å². The van der Waals surface area contributed by atoms with Crippen LogP contribution in [0.3, 0.4) is 0 Å². The summed E-state index contributed by atoms with van der Waals surface area (Å²) in [4.78, 5) is 22.5. The minimum Gasteiger partial charge on any atom is -0.322 e. The molecule has 2 aromatic carbocycles. The monoisotopic (exact) mass is 356 g/mol. The van der Waals surface area contributed by atoms with Crippen LogP contribution in [0.5, 0.6) is 0 Å². The molecule has 0 atom stereocenters. The lowest BCUT2D eigenvalue weighted by Crippen LogP contribution is -2.16. The van der Waals surface area contributed by atoms with Crippen molar-refractivity contribution in [2.24, 2.45) is 0 Å². The molecular weight excluding hydrogens is 343 g/mol. The Hall–Kier alpha value is -2.99. The lowest BCUT2D eigenvalue weighted by Gasteiger charge is -2.16. The van der Waals surface area contributed by atoms with Gasteiger partial charge in [0, 0.05) is 30.8 Å². The number of nitrogens with one attached hydrogen (secondary N) is 1. The number of amides is 1. The number of rotatable bonds is 4. The quantitative estimate of drug-likeness (QED) is 0.757. The number of benzene rings is 2. The fraction of sp³-hybridized carbons (Fsp3) is 0.0556. The van der Waals surface area contributed by atoms with Crippen molar-refractivity contribution in [1.82, 2.24) is 9.97 Å². The number of halogens is 2. The zero-order valence-corrected chi connectivity index (χ0v) is 14.0. The summed E-state index contributed by atoms with van der Waals surface area (Å²) in [7, 11) is 1.84. The Kier molecular flexibility index (Phi) is 4.90. The summed E-state index contributed by atoms with van der Waals surface area (Å²) in [5, 5.41) is 2.56. The van der Waals surface area contributed by atoms with Crippen molar-refractivity contribution >= 4 is 34.8 Å². The van der Waals surface area contributed by atoms with Crippen molar-refractivity contribution in [3.63, 3.8) is 0 Å². The number of aromatic nitrogens is 2. The topological polar surface area (TPSA) is 58.1 Å². The van der Waals surface area contributed by atoms with E-state index in [0.717, 1.165) is 5.69 Å². The van der Waals surface area contributed by atoms with E-state index in [0.29, 0.717) is 11.6 Å². The maximum atomic E-state index is 13.1. The number of anilines is 3. The largest absolute Gasteiger partial charge is 0.322 e. The molecule has 7 heteroatoms. The zero-order valence-electron chi connectivity index (χ0n) is 13.3. The number of carbonyl (C=O) groups is 1. The molecule has 0 fully saturated rings. The Labute approximate surface area is 149 Å². The maximum Gasteiger partial charge on any atom is 0.258 e. The third-order valence-electron chi connectivity index (χ3n) is 3.52. The van der Waals surface area contributed by atoms with E-state index in [4.69, 9.17) is 11.6 Å². The van der Waals surface area contributed by atoms with Crippen LogP contribution in [-0.2, 0) is 0 Å². The predicted octanol–water partition coefficient (Wildman–Crippen LogP) is 4.29. The van der Waals surface area contributed by atoms with Gasteiger partial charge in [0.05, 0.1) is 10.6 Å². The summed E-state index contributed by atoms with van der Waals surface area (Å²) >= 11 is 5.70. The zero-order chi connectivity index (χ0) is 17.8. The molecule has 0 bridgehead atoms. The molecule has 126 valence electrons. The lowest BCUT2D eigenvalue weighted by atomic mass is 10.2. The highest BCUT2D eigenvalue weighted by atomic mass is 35.5. The van der Waals surface area contributed by atoms with E-state index in [9.17, 15) is 9.18 Å². The minimum absolute atomic E-state index is 0.0612. The normalized spacial score (nSPS) is 10.4. The number of nitrogens with zero attached hydrogens (tertiary/aromatic N) is 3. The molecule has 0 aliphatic rings. The maximum absolute atomic E-state index is 13.1. The highest BCUT2D eigenvalue weighted by molar-refractivity contribution is 6.31. The molecule has 0 aliphatic heterocycles. The molecule has 1 amide bonds.